The van der Waals surface area contributed by atoms with Crippen LogP contribution in [-0.2, 0) is 10.5 Å². The number of amides is 1. The van der Waals surface area contributed by atoms with Crippen LogP contribution in [-0.4, -0.2) is 25.9 Å². The zero-order valence-electron chi connectivity index (χ0n) is 13.3. The molecule has 7 heteroatoms. The summed E-state index contributed by atoms with van der Waals surface area (Å²) in [5, 5.41) is 3.26. The number of anilines is 1. The molecule has 2 aromatic carbocycles. The Bertz CT molecular complexity index is 727. The van der Waals surface area contributed by atoms with Crippen LogP contribution in [0, 0.1) is 0 Å². The van der Waals surface area contributed by atoms with Crippen LogP contribution >= 0.6 is 39.3 Å². The minimum Gasteiger partial charge on any atom is -0.495 e. The zero-order chi connectivity index (χ0) is 17.5. The lowest BCUT2D eigenvalue weighted by atomic mass is 10.2. The fraction of sp³-hybridized carbons (Fsp3) is 0.235. The van der Waals surface area contributed by atoms with Crippen LogP contribution in [0.4, 0.5) is 5.69 Å². The van der Waals surface area contributed by atoms with E-state index in [9.17, 15) is 4.79 Å². The van der Waals surface area contributed by atoms with Crippen LogP contribution < -0.4 is 14.8 Å². The van der Waals surface area contributed by atoms with E-state index in [0.29, 0.717) is 28.0 Å². The van der Waals surface area contributed by atoms with E-state index in [0.717, 1.165) is 15.8 Å². The summed E-state index contributed by atoms with van der Waals surface area (Å²) in [4.78, 5) is 12.2. The van der Waals surface area contributed by atoms with Gasteiger partial charge in [-0.3, -0.25) is 4.79 Å². The number of nitrogens with one attached hydrogen (secondary N) is 1. The summed E-state index contributed by atoms with van der Waals surface area (Å²) in [5.41, 5.74) is 1.69. The van der Waals surface area contributed by atoms with Crippen LogP contribution in [0.15, 0.2) is 40.9 Å². The Labute approximate surface area is 159 Å². The fourth-order valence-corrected chi connectivity index (χ4v) is 3.69. The highest BCUT2D eigenvalue weighted by atomic mass is 79.9. The van der Waals surface area contributed by atoms with Gasteiger partial charge in [-0.25, -0.2) is 0 Å². The molecule has 0 unspecified atom stereocenters. The van der Waals surface area contributed by atoms with Gasteiger partial charge >= 0.3 is 0 Å². The maximum atomic E-state index is 12.2. The third kappa shape index (κ3) is 5.06. The number of ether oxygens (including phenoxy) is 2. The van der Waals surface area contributed by atoms with Crippen molar-refractivity contribution < 1.29 is 14.3 Å². The molecule has 1 amide bonds. The lowest BCUT2D eigenvalue weighted by Gasteiger charge is -2.13. The number of carbonyl (C=O) groups excluding carboxylic acids is 1. The molecule has 1 N–H and O–H groups in total. The van der Waals surface area contributed by atoms with E-state index >= 15 is 0 Å². The van der Waals surface area contributed by atoms with Gasteiger partial charge in [0.25, 0.3) is 0 Å². The first-order valence-electron chi connectivity index (χ1n) is 7.07. The molecule has 4 nitrogen and oxygen atoms in total. The molecule has 0 spiro atoms. The smallest absolute Gasteiger partial charge is 0.234 e. The molecule has 0 fully saturated rings. The summed E-state index contributed by atoms with van der Waals surface area (Å²) in [7, 11) is 3.04. The first-order valence-corrected chi connectivity index (χ1v) is 9.40. The molecule has 0 saturated carbocycles. The van der Waals surface area contributed by atoms with Gasteiger partial charge in [0.15, 0.2) is 0 Å². The highest BCUT2D eigenvalue weighted by molar-refractivity contribution is 9.10. The Morgan fingerprint density at radius 1 is 1.21 bits per heavy atom. The maximum absolute atomic E-state index is 12.2. The number of rotatable bonds is 7. The van der Waals surface area contributed by atoms with Crippen molar-refractivity contribution in [2.75, 3.05) is 25.3 Å². The Kier molecular flexibility index (Phi) is 7.27. The van der Waals surface area contributed by atoms with Crippen LogP contribution in [0.2, 0.25) is 5.02 Å². The second-order valence-electron chi connectivity index (χ2n) is 4.82. The average Bonchev–Trinajstić information content (AvgIpc) is 2.57. The molecule has 0 bridgehead atoms. The second-order valence-corrected chi connectivity index (χ2v) is 7.07. The van der Waals surface area contributed by atoms with Crippen LogP contribution in [0.1, 0.15) is 5.56 Å². The predicted octanol–water partition coefficient (Wildman–Crippen LogP) is 4.99. The first-order chi connectivity index (χ1) is 11.5. The van der Waals surface area contributed by atoms with E-state index in [1.165, 1.54) is 26.0 Å². The van der Waals surface area contributed by atoms with E-state index in [2.05, 4.69) is 21.2 Å². The normalized spacial score (nSPS) is 10.3. The number of methoxy groups -OCH3 is 2. The quantitative estimate of drug-likeness (QED) is 0.672. The number of thioether (sulfide) groups is 1. The summed E-state index contributed by atoms with van der Waals surface area (Å²) >= 11 is 11.1. The highest BCUT2D eigenvalue weighted by Gasteiger charge is 2.12. The van der Waals surface area contributed by atoms with Crippen molar-refractivity contribution in [1.82, 2.24) is 0 Å². The van der Waals surface area contributed by atoms with Crippen molar-refractivity contribution in [3.05, 3.63) is 51.5 Å². The summed E-state index contributed by atoms with van der Waals surface area (Å²) in [6, 6.07) is 11.2. The highest BCUT2D eigenvalue weighted by Crippen LogP contribution is 2.36. The Morgan fingerprint density at radius 2 is 1.92 bits per heavy atom. The van der Waals surface area contributed by atoms with E-state index < -0.39 is 0 Å². The third-order valence-corrected chi connectivity index (χ3v) is 5.25. The van der Waals surface area contributed by atoms with Crippen molar-refractivity contribution in [2.45, 2.75) is 5.75 Å². The van der Waals surface area contributed by atoms with Crippen LogP contribution in [0.3, 0.4) is 0 Å². The average molecular weight is 431 g/mol. The predicted molar refractivity (Wildman–Crippen MR) is 103 cm³/mol. The molecule has 0 aliphatic carbocycles. The largest absolute Gasteiger partial charge is 0.495 e. The van der Waals surface area contributed by atoms with Gasteiger partial charge in [0.2, 0.25) is 5.91 Å². The van der Waals surface area contributed by atoms with Gasteiger partial charge in [-0.15, -0.1) is 11.8 Å². The number of benzene rings is 2. The minimum absolute atomic E-state index is 0.116. The molecule has 128 valence electrons. The molecular weight excluding hydrogens is 414 g/mol. The van der Waals surface area contributed by atoms with Crippen molar-refractivity contribution in [3.63, 3.8) is 0 Å². The minimum atomic E-state index is -0.116. The Hall–Kier alpha value is -1.37. The molecule has 2 rings (SSSR count). The van der Waals surface area contributed by atoms with Gasteiger partial charge in [0, 0.05) is 22.4 Å². The van der Waals surface area contributed by atoms with E-state index in [1.807, 2.05) is 24.3 Å². The second kappa shape index (κ2) is 9.20. The summed E-state index contributed by atoms with van der Waals surface area (Å²) < 4.78 is 11.5. The lowest BCUT2D eigenvalue weighted by molar-refractivity contribution is -0.113. The van der Waals surface area contributed by atoms with Gasteiger partial charge in [0.05, 0.1) is 30.7 Å². The standard InChI is InChI=1S/C17H17BrClNO3S/c1-22-15-8-14(16(23-2)7-13(15)19)20-17(21)10-24-9-11-5-3-4-6-12(11)18/h3-8H,9-10H2,1-2H3,(H,20,21). The molecule has 0 radical (unpaired) electrons. The first kappa shape index (κ1) is 19.0. The number of halogens is 2. The monoisotopic (exact) mass is 429 g/mol. The summed E-state index contributed by atoms with van der Waals surface area (Å²) in [5.74, 6) is 1.93. The Balaban J connectivity index is 1.96. The van der Waals surface area contributed by atoms with Gasteiger partial charge in [0.1, 0.15) is 11.5 Å². The molecule has 0 aromatic heterocycles. The number of hydrogen-bond donors (Lipinski definition) is 1. The molecule has 2 aromatic rings. The molecule has 24 heavy (non-hydrogen) atoms. The van der Waals surface area contributed by atoms with Crippen LogP contribution in [0.5, 0.6) is 11.5 Å². The Morgan fingerprint density at radius 3 is 2.58 bits per heavy atom. The maximum Gasteiger partial charge on any atom is 0.234 e. The molecular formula is C17H17BrClNO3S. The number of carbonyl (C=O) groups is 1. The molecule has 0 saturated heterocycles. The number of hydrogen-bond acceptors (Lipinski definition) is 4. The van der Waals surface area contributed by atoms with Gasteiger partial charge < -0.3 is 14.8 Å². The van der Waals surface area contributed by atoms with E-state index in [-0.39, 0.29) is 5.91 Å². The molecule has 0 aliphatic rings. The van der Waals surface area contributed by atoms with E-state index in [4.69, 9.17) is 21.1 Å². The fourth-order valence-electron chi connectivity index (χ4n) is 2.01. The van der Waals surface area contributed by atoms with Crippen LogP contribution in [0.25, 0.3) is 0 Å². The summed E-state index contributed by atoms with van der Waals surface area (Å²) in [6.07, 6.45) is 0. The van der Waals surface area contributed by atoms with Crippen molar-refractivity contribution in [2.24, 2.45) is 0 Å². The van der Waals surface area contributed by atoms with Crippen molar-refractivity contribution >= 4 is 50.9 Å². The SMILES string of the molecule is COc1cc(NC(=O)CSCc2ccccc2Br)c(OC)cc1Cl. The van der Waals surface area contributed by atoms with E-state index in [1.54, 1.807) is 12.1 Å². The molecule has 0 atom stereocenters. The van der Waals surface area contributed by atoms with Gasteiger partial charge in [-0.2, -0.15) is 0 Å². The van der Waals surface area contributed by atoms with Crippen molar-refractivity contribution in [1.29, 1.82) is 0 Å². The lowest BCUT2D eigenvalue weighted by Crippen LogP contribution is -2.15. The zero-order valence-corrected chi connectivity index (χ0v) is 16.4. The van der Waals surface area contributed by atoms with Gasteiger partial charge in [-0.05, 0) is 11.6 Å². The topological polar surface area (TPSA) is 47.6 Å². The van der Waals surface area contributed by atoms with Crippen molar-refractivity contribution in [3.8, 4) is 11.5 Å². The molecule has 0 aliphatic heterocycles. The summed E-state index contributed by atoms with van der Waals surface area (Å²) in [6.45, 7) is 0. The van der Waals surface area contributed by atoms with Gasteiger partial charge in [-0.1, -0.05) is 45.7 Å². The molecule has 0 heterocycles. The third-order valence-electron chi connectivity index (χ3n) is 3.20.